The van der Waals surface area contributed by atoms with Crippen molar-refractivity contribution in [3.63, 3.8) is 0 Å². The SMILES string of the molecule is COCCc1nc2c(N)nc(C)c(C)c2n1CCCCSc1ccc(Cl)cc1Cl. The van der Waals surface area contributed by atoms with Gasteiger partial charge < -0.3 is 15.0 Å². The molecule has 0 saturated heterocycles. The van der Waals surface area contributed by atoms with E-state index in [0.29, 0.717) is 22.5 Å². The lowest BCUT2D eigenvalue weighted by Gasteiger charge is -2.12. The summed E-state index contributed by atoms with van der Waals surface area (Å²) in [7, 11) is 1.71. The van der Waals surface area contributed by atoms with Crippen LogP contribution in [-0.4, -0.2) is 34.0 Å². The molecular formula is C21H26Cl2N4OS. The number of thioether (sulfide) groups is 1. The van der Waals surface area contributed by atoms with Crippen LogP contribution in [-0.2, 0) is 17.7 Å². The average molecular weight is 453 g/mol. The maximum atomic E-state index is 6.26. The molecule has 8 heteroatoms. The van der Waals surface area contributed by atoms with Gasteiger partial charge in [0.15, 0.2) is 5.82 Å². The van der Waals surface area contributed by atoms with Crippen LogP contribution in [0.15, 0.2) is 23.1 Å². The van der Waals surface area contributed by atoms with Gasteiger partial charge >= 0.3 is 0 Å². The number of aromatic nitrogens is 3. The molecule has 2 aromatic heterocycles. The number of hydrogen-bond acceptors (Lipinski definition) is 5. The van der Waals surface area contributed by atoms with Crippen molar-refractivity contribution in [2.75, 3.05) is 25.2 Å². The van der Waals surface area contributed by atoms with E-state index in [0.717, 1.165) is 64.6 Å². The molecule has 2 heterocycles. The molecule has 0 aliphatic rings. The van der Waals surface area contributed by atoms with Gasteiger partial charge in [-0.05, 0) is 56.2 Å². The highest BCUT2D eigenvalue weighted by molar-refractivity contribution is 7.99. The number of imidazole rings is 1. The molecule has 0 fully saturated rings. The fraction of sp³-hybridized carbons (Fsp3) is 0.429. The van der Waals surface area contributed by atoms with Gasteiger partial charge in [-0.2, -0.15) is 0 Å². The molecule has 0 atom stereocenters. The Morgan fingerprint density at radius 2 is 1.97 bits per heavy atom. The third-order valence-corrected chi connectivity index (χ3v) is 6.75. The van der Waals surface area contributed by atoms with Crippen molar-refractivity contribution < 1.29 is 4.74 Å². The Balaban J connectivity index is 1.71. The van der Waals surface area contributed by atoms with Crippen LogP contribution in [0.3, 0.4) is 0 Å². The highest BCUT2D eigenvalue weighted by Crippen LogP contribution is 2.31. The number of methoxy groups -OCH3 is 1. The molecular weight excluding hydrogens is 427 g/mol. The number of halogens is 2. The summed E-state index contributed by atoms with van der Waals surface area (Å²) in [5, 5.41) is 1.37. The summed E-state index contributed by atoms with van der Waals surface area (Å²) in [4.78, 5) is 10.3. The van der Waals surface area contributed by atoms with E-state index in [2.05, 4.69) is 16.5 Å². The molecule has 2 N–H and O–H groups in total. The summed E-state index contributed by atoms with van der Waals surface area (Å²) < 4.78 is 7.55. The molecule has 3 rings (SSSR count). The number of nitrogen functional groups attached to an aromatic ring is 1. The van der Waals surface area contributed by atoms with Crippen molar-refractivity contribution in [2.45, 2.75) is 44.6 Å². The number of fused-ring (bicyclic) bond motifs is 1. The fourth-order valence-corrected chi connectivity index (χ4v) is 4.82. The molecule has 0 bridgehead atoms. The summed E-state index contributed by atoms with van der Waals surface area (Å²) in [6.45, 7) is 5.58. The molecule has 0 unspecified atom stereocenters. The van der Waals surface area contributed by atoms with Crippen molar-refractivity contribution in [3.05, 3.63) is 45.3 Å². The topological polar surface area (TPSA) is 66.0 Å². The van der Waals surface area contributed by atoms with Gasteiger partial charge in [-0.1, -0.05) is 23.2 Å². The van der Waals surface area contributed by atoms with E-state index < -0.39 is 0 Å². The Morgan fingerprint density at radius 1 is 1.17 bits per heavy atom. The van der Waals surface area contributed by atoms with Crippen LogP contribution in [0.2, 0.25) is 10.0 Å². The largest absolute Gasteiger partial charge is 0.384 e. The number of ether oxygens (including phenoxy) is 1. The van der Waals surface area contributed by atoms with Gasteiger partial charge in [0.25, 0.3) is 0 Å². The minimum atomic E-state index is 0.494. The molecule has 0 aliphatic carbocycles. The van der Waals surface area contributed by atoms with E-state index in [1.165, 1.54) is 0 Å². The zero-order valence-electron chi connectivity index (χ0n) is 17.0. The van der Waals surface area contributed by atoms with Gasteiger partial charge in [0.2, 0.25) is 0 Å². The number of rotatable bonds is 9. The van der Waals surface area contributed by atoms with E-state index >= 15 is 0 Å². The number of nitrogens with zero attached hydrogens (tertiary/aromatic N) is 3. The predicted molar refractivity (Wildman–Crippen MR) is 123 cm³/mol. The predicted octanol–water partition coefficient (Wildman–Crippen LogP) is 5.70. The Bertz CT molecular complexity index is 1010. The first-order valence-corrected chi connectivity index (χ1v) is 11.3. The summed E-state index contributed by atoms with van der Waals surface area (Å²) >= 11 is 14.0. The number of anilines is 1. The van der Waals surface area contributed by atoms with Gasteiger partial charge in [-0.3, -0.25) is 0 Å². The van der Waals surface area contributed by atoms with E-state index in [-0.39, 0.29) is 0 Å². The molecule has 1 aromatic carbocycles. The lowest BCUT2D eigenvalue weighted by atomic mass is 10.2. The molecule has 0 aliphatic heterocycles. The number of pyridine rings is 1. The zero-order chi connectivity index (χ0) is 21.0. The summed E-state index contributed by atoms with van der Waals surface area (Å²) in [6, 6.07) is 5.64. The van der Waals surface area contributed by atoms with Gasteiger partial charge in [-0.15, -0.1) is 11.8 Å². The second-order valence-corrected chi connectivity index (χ2v) is 8.94. The average Bonchev–Trinajstić information content (AvgIpc) is 3.05. The van der Waals surface area contributed by atoms with Crippen molar-refractivity contribution in [1.82, 2.24) is 14.5 Å². The molecule has 0 spiro atoms. The summed E-state index contributed by atoms with van der Waals surface area (Å²) in [6.07, 6.45) is 2.84. The smallest absolute Gasteiger partial charge is 0.151 e. The first-order valence-electron chi connectivity index (χ1n) is 9.61. The Kier molecular flexibility index (Phi) is 7.68. The highest BCUT2D eigenvalue weighted by atomic mass is 35.5. The Morgan fingerprint density at radius 3 is 2.69 bits per heavy atom. The standard InChI is InChI=1S/C21H26Cl2N4OS/c1-13-14(2)25-21(24)19-20(13)27(18(26-19)8-10-28-3)9-4-5-11-29-17-7-6-15(22)12-16(17)23/h6-7,12H,4-5,8-11H2,1-3H3,(H2,24,25). The van der Waals surface area contributed by atoms with Gasteiger partial charge in [0, 0.05) is 35.7 Å². The quantitative estimate of drug-likeness (QED) is 0.333. The maximum absolute atomic E-state index is 6.26. The van der Waals surface area contributed by atoms with Gasteiger partial charge in [0.1, 0.15) is 11.3 Å². The van der Waals surface area contributed by atoms with Crippen LogP contribution >= 0.6 is 35.0 Å². The van der Waals surface area contributed by atoms with Crippen LogP contribution in [0.25, 0.3) is 11.0 Å². The number of aryl methyl sites for hydroxylation is 3. The number of nitrogens with two attached hydrogens (primary N) is 1. The molecule has 0 saturated carbocycles. The van der Waals surface area contributed by atoms with Crippen molar-refractivity contribution in [3.8, 4) is 0 Å². The Labute approximate surface area is 185 Å². The lowest BCUT2D eigenvalue weighted by Crippen LogP contribution is -2.08. The molecule has 0 amide bonds. The zero-order valence-corrected chi connectivity index (χ0v) is 19.3. The number of benzene rings is 1. The summed E-state index contributed by atoms with van der Waals surface area (Å²) in [5.74, 6) is 2.48. The van der Waals surface area contributed by atoms with Crippen molar-refractivity contribution in [1.29, 1.82) is 0 Å². The minimum absolute atomic E-state index is 0.494. The van der Waals surface area contributed by atoms with E-state index in [9.17, 15) is 0 Å². The third kappa shape index (κ3) is 5.18. The highest BCUT2D eigenvalue weighted by Gasteiger charge is 2.17. The van der Waals surface area contributed by atoms with Crippen LogP contribution in [0.5, 0.6) is 0 Å². The number of hydrogen-bond donors (Lipinski definition) is 1. The molecule has 3 aromatic rings. The molecule has 29 heavy (non-hydrogen) atoms. The van der Waals surface area contributed by atoms with Gasteiger partial charge in [0.05, 0.1) is 17.1 Å². The Hall–Kier alpha value is -1.47. The van der Waals surface area contributed by atoms with E-state index in [1.807, 2.05) is 19.1 Å². The van der Waals surface area contributed by atoms with E-state index in [4.69, 9.17) is 38.7 Å². The van der Waals surface area contributed by atoms with Crippen LogP contribution in [0.4, 0.5) is 5.82 Å². The fourth-order valence-electron chi connectivity index (χ4n) is 3.32. The maximum Gasteiger partial charge on any atom is 0.151 e. The first-order chi connectivity index (χ1) is 13.9. The third-order valence-electron chi connectivity index (χ3n) is 4.93. The lowest BCUT2D eigenvalue weighted by molar-refractivity contribution is 0.199. The molecule has 156 valence electrons. The number of unbranched alkanes of at least 4 members (excludes halogenated alkanes) is 1. The van der Waals surface area contributed by atoms with Crippen molar-refractivity contribution in [2.24, 2.45) is 0 Å². The van der Waals surface area contributed by atoms with Crippen molar-refractivity contribution >= 4 is 51.8 Å². The normalized spacial score (nSPS) is 11.5. The van der Waals surface area contributed by atoms with Crippen LogP contribution in [0, 0.1) is 13.8 Å². The first kappa shape index (κ1) is 22.2. The minimum Gasteiger partial charge on any atom is -0.384 e. The second-order valence-electron chi connectivity index (χ2n) is 6.96. The summed E-state index contributed by atoms with van der Waals surface area (Å²) in [5.41, 5.74) is 10.1. The van der Waals surface area contributed by atoms with Crippen LogP contribution < -0.4 is 5.73 Å². The van der Waals surface area contributed by atoms with E-state index in [1.54, 1.807) is 24.9 Å². The molecule has 0 radical (unpaired) electrons. The molecule has 5 nitrogen and oxygen atoms in total. The van der Waals surface area contributed by atoms with Gasteiger partial charge in [-0.25, -0.2) is 9.97 Å². The monoisotopic (exact) mass is 452 g/mol. The second kappa shape index (κ2) is 10.0. The van der Waals surface area contributed by atoms with Crippen LogP contribution in [0.1, 0.15) is 29.9 Å².